The second-order valence-electron chi connectivity index (χ2n) is 7.12. The molecule has 1 aliphatic carbocycles. The SMILES string of the molecule is CCCOc1ccc(-c2c3c(nc4nc(N)nc(N)c24)-c2ccccc2C3=O)cc1. The van der Waals surface area contributed by atoms with Crippen molar-refractivity contribution in [1.82, 2.24) is 15.0 Å². The molecule has 0 unspecified atom stereocenters. The summed E-state index contributed by atoms with van der Waals surface area (Å²) >= 11 is 0. The quantitative estimate of drug-likeness (QED) is 0.473. The molecule has 0 amide bonds. The Bertz CT molecular complexity index is 1320. The van der Waals surface area contributed by atoms with E-state index in [1.807, 2.05) is 42.5 Å². The number of aromatic nitrogens is 3. The first-order valence-corrected chi connectivity index (χ1v) is 9.72. The van der Waals surface area contributed by atoms with E-state index in [-0.39, 0.29) is 17.5 Å². The molecule has 7 nitrogen and oxygen atoms in total. The third-order valence-corrected chi connectivity index (χ3v) is 5.16. The van der Waals surface area contributed by atoms with Crippen LogP contribution in [-0.2, 0) is 0 Å². The summed E-state index contributed by atoms with van der Waals surface area (Å²) in [5.74, 6) is 0.906. The maximum absolute atomic E-state index is 13.3. The summed E-state index contributed by atoms with van der Waals surface area (Å²) in [6.07, 6.45) is 0.923. The Morgan fingerprint density at radius 1 is 0.900 bits per heavy atom. The minimum atomic E-state index is -0.0902. The second kappa shape index (κ2) is 6.81. The van der Waals surface area contributed by atoms with E-state index < -0.39 is 0 Å². The summed E-state index contributed by atoms with van der Waals surface area (Å²) in [5.41, 5.74) is 16.4. The van der Waals surface area contributed by atoms with Crippen LogP contribution < -0.4 is 16.2 Å². The number of nitrogen functional groups attached to an aromatic ring is 2. The maximum atomic E-state index is 13.3. The Labute approximate surface area is 172 Å². The number of ether oxygens (including phenoxy) is 1. The van der Waals surface area contributed by atoms with Gasteiger partial charge in [0.1, 0.15) is 11.6 Å². The summed E-state index contributed by atoms with van der Waals surface area (Å²) in [5, 5.41) is 0.520. The van der Waals surface area contributed by atoms with E-state index in [4.69, 9.17) is 16.2 Å². The number of hydrogen-bond acceptors (Lipinski definition) is 7. The van der Waals surface area contributed by atoms with Crippen LogP contribution in [0.5, 0.6) is 5.75 Å². The average Bonchev–Trinajstić information content (AvgIpc) is 3.03. The number of benzene rings is 2. The number of hydrogen-bond donors (Lipinski definition) is 2. The van der Waals surface area contributed by atoms with E-state index in [0.717, 1.165) is 23.3 Å². The second-order valence-corrected chi connectivity index (χ2v) is 7.12. The van der Waals surface area contributed by atoms with Gasteiger partial charge in [-0.2, -0.15) is 9.97 Å². The largest absolute Gasteiger partial charge is 0.494 e. The van der Waals surface area contributed by atoms with Crippen LogP contribution in [0.2, 0.25) is 0 Å². The van der Waals surface area contributed by atoms with Gasteiger partial charge in [0.05, 0.1) is 23.3 Å². The number of fused-ring (bicyclic) bond motifs is 4. The topological polar surface area (TPSA) is 117 Å². The number of carbonyl (C=O) groups is 1. The van der Waals surface area contributed by atoms with Crippen molar-refractivity contribution < 1.29 is 9.53 Å². The highest BCUT2D eigenvalue weighted by molar-refractivity contribution is 6.27. The molecule has 1 aliphatic rings. The van der Waals surface area contributed by atoms with E-state index in [0.29, 0.717) is 40.0 Å². The summed E-state index contributed by atoms with van der Waals surface area (Å²) in [7, 11) is 0. The van der Waals surface area contributed by atoms with Gasteiger partial charge in [-0.1, -0.05) is 43.3 Å². The van der Waals surface area contributed by atoms with Gasteiger partial charge in [-0.05, 0) is 24.1 Å². The third kappa shape index (κ3) is 2.67. The lowest BCUT2D eigenvalue weighted by atomic mass is 9.94. The monoisotopic (exact) mass is 397 g/mol. The molecule has 0 saturated heterocycles. The van der Waals surface area contributed by atoms with Gasteiger partial charge < -0.3 is 16.2 Å². The predicted molar refractivity (Wildman–Crippen MR) is 116 cm³/mol. The van der Waals surface area contributed by atoms with Crippen molar-refractivity contribution in [3.05, 3.63) is 59.7 Å². The standard InChI is InChI=1S/C23H19N5O2/c1-2-11-30-13-9-7-12(8-10-13)16-17-19(14-5-3-4-6-15(14)20(17)29)26-22-18(16)21(24)27-23(25)28-22/h3-10H,2,11H2,1H3,(H4,24,25,26,27,28). The van der Waals surface area contributed by atoms with Crippen LogP contribution in [0.15, 0.2) is 48.5 Å². The van der Waals surface area contributed by atoms with Gasteiger partial charge in [0.2, 0.25) is 5.95 Å². The molecular weight excluding hydrogens is 378 g/mol. The first kappa shape index (κ1) is 18.1. The van der Waals surface area contributed by atoms with Crippen LogP contribution >= 0.6 is 0 Å². The Morgan fingerprint density at radius 2 is 1.63 bits per heavy atom. The lowest BCUT2D eigenvalue weighted by Crippen LogP contribution is -2.06. The molecule has 5 rings (SSSR count). The molecule has 0 aliphatic heterocycles. The van der Waals surface area contributed by atoms with E-state index in [9.17, 15) is 4.79 Å². The average molecular weight is 397 g/mol. The van der Waals surface area contributed by atoms with Gasteiger partial charge in [-0.3, -0.25) is 4.79 Å². The van der Waals surface area contributed by atoms with Gasteiger partial charge in [0.15, 0.2) is 11.4 Å². The van der Waals surface area contributed by atoms with Crippen molar-refractivity contribution >= 4 is 28.6 Å². The fourth-order valence-corrected chi connectivity index (χ4v) is 3.87. The zero-order valence-electron chi connectivity index (χ0n) is 16.3. The van der Waals surface area contributed by atoms with E-state index >= 15 is 0 Å². The van der Waals surface area contributed by atoms with E-state index in [2.05, 4.69) is 21.9 Å². The van der Waals surface area contributed by atoms with Gasteiger partial charge in [0.25, 0.3) is 0 Å². The van der Waals surface area contributed by atoms with Gasteiger partial charge in [-0.25, -0.2) is 4.98 Å². The number of pyridine rings is 1. The summed E-state index contributed by atoms with van der Waals surface area (Å²) in [6, 6.07) is 15.0. The minimum absolute atomic E-state index is 0.0410. The van der Waals surface area contributed by atoms with Crippen molar-refractivity contribution in [3.63, 3.8) is 0 Å². The van der Waals surface area contributed by atoms with Crippen molar-refractivity contribution in [2.24, 2.45) is 0 Å². The number of rotatable bonds is 4. The zero-order chi connectivity index (χ0) is 20.8. The molecule has 0 radical (unpaired) electrons. The molecule has 0 atom stereocenters. The Balaban J connectivity index is 1.82. The highest BCUT2D eigenvalue weighted by Gasteiger charge is 2.33. The highest BCUT2D eigenvalue weighted by Crippen LogP contribution is 2.44. The molecule has 30 heavy (non-hydrogen) atoms. The van der Waals surface area contributed by atoms with Gasteiger partial charge >= 0.3 is 0 Å². The van der Waals surface area contributed by atoms with E-state index in [1.54, 1.807) is 6.07 Å². The molecule has 0 bridgehead atoms. The van der Waals surface area contributed by atoms with Crippen LogP contribution in [0, 0.1) is 0 Å². The molecule has 2 aromatic heterocycles. The maximum Gasteiger partial charge on any atom is 0.224 e. The lowest BCUT2D eigenvalue weighted by Gasteiger charge is -2.14. The smallest absolute Gasteiger partial charge is 0.224 e. The van der Waals surface area contributed by atoms with Crippen LogP contribution in [-0.4, -0.2) is 27.3 Å². The fourth-order valence-electron chi connectivity index (χ4n) is 3.87. The number of anilines is 2. The summed E-state index contributed by atoms with van der Waals surface area (Å²) in [6.45, 7) is 2.69. The van der Waals surface area contributed by atoms with Crippen LogP contribution in [0.1, 0.15) is 29.3 Å². The lowest BCUT2D eigenvalue weighted by molar-refractivity contribution is 0.104. The minimum Gasteiger partial charge on any atom is -0.494 e. The molecule has 4 N–H and O–H groups in total. The normalized spacial score (nSPS) is 12.1. The first-order valence-electron chi connectivity index (χ1n) is 9.72. The van der Waals surface area contributed by atoms with Crippen LogP contribution in [0.25, 0.3) is 33.4 Å². The Hall–Kier alpha value is -4.00. The molecule has 0 fully saturated rings. The van der Waals surface area contributed by atoms with Crippen LogP contribution in [0.3, 0.4) is 0 Å². The summed E-state index contributed by atoms with van der Waals surface area (Å²) < 4.78 is 5.69. The summed E-state index contributed by atoms with van der Waals surface area (Å²) in [4.78, 5) is 26.4. The van der Waals surface area contributed by atoms with Crippen molar-refractivity contribution in [3.8, 4) is 28.1 Å². The molecule has 7 heteroatoms. The Kier molecular flexibility index (Phi) is 4.10. The van der Waals surface area contributed by atoms with Crippen molar-refractivity contribution in [2.75, 3.05) is 18.1 Å². The molecule has 0 saturated carbocycles. The van der Waals surface area contributed by atoms with Crippen molar-refractivity contribution in [2.45, 2.75) is 13.3 Å². The van der Waals surface area contributed by atoms with E-state index in [1.165, 1.54) is 0 Å². The number of carbonyl (C=O) groups excluding carboxylic acids is 1. The first-order chi connectivity index (χ1) is 14.6. The Morgan fingerprint density at radius 3 is 2.37 bits per heavy atom. The molecule has 2 heterocycles. The predicted octanol–water partition coefficient (Wildman–Crippen LogP) is 3.86. The molecule has 148 valence electrons. The zero-order valence-corrected chi connectivity index (χ0v) is 16.3. The molecular formula is C23H19N5O2. The molecule has 4 aromatic rings. The third-order valence-electron chi connectivity index (χ3n) is 5.16. The van der Waals surface area contributed by atoms with Gasteiger partial charge in [-0.15, -0.1) is 0 Å². The number of ketones is 1. The fraction of sp³-hybridized carbons (Fsp3) is 0.130. The van der Waals surface area contributed by atoms with Crippen LogP contribution in [0.4, 0.5) is 11.8 Å². The highest BCUT2D eigenvalue weighted by atomic mass is 16.5. The van der Waals surface area contributed by atoms with Crippen molar-refractivity contribution in [1.29, 1.82) is 0 Å². The number of nitrogens with zero attached hydrogens (tertiary/aromatic N) is 3. The number of nitrogens with two attached hydrogens (primary N) is 2. The molecule has 2 aromatic carbocycles. The molecule has 0 spiro atoms. The van der Waals surface area contributed by atoms with Gasteiger partial charge in [0, 0.05) is 16.7 Å².